The molecule has 0 heterocycles. The van der Waals surface area contributed by atoms with Crippen molar-refractivity contribution < 1.29 is 15.0 Å². The van der Waals surface area contributed by atoms with Gasteiger partial charge in [0, 0.05) is 6.42 Å². The lowest BCUT2D eigenvalue weighted by atomic mass is 9.91. The quantitative estimate of drug-likeness (QED) is 0.585. The van der Waals surface area contributed by atoms with E-state index >= 15 is 0 Å². The summed E-state index contributed by atoms with van der Waals surface area (Å²) in [7, 11) is 0. The molecule has 1 rings (SSSR count). The number of carboxylic acids is 1. The first-order chi connectivity index (χ1) is 10.6. The predicted octanol–water partition coefficient (Wildman–Crippen LogP) is 4.49. The SMILES string of the molecule is CC/C=C\C/C=C\CC1CCCC1/C=C/C(O)CCC(=O)O. The van der Waals surface area contributed by atoms with Crippen LogP contribution in [-0.2, 0) is 4.79 Å². The minimum absolute atomic E-state index is 0.0214. The van der Waals surface area contributed by atoms with Gasteiger partial charge in [0.2, 0.25) is 0 Å². The van der Waals surface area contributed by atoms with Gasteiger partial charge in [-0.25, -0.2) is 0 Å². The average molecular weight is 306 g/mol. The monoisotopic (exact) mass is 306 g/mol. The summed E-state index contributed by atoms with van der Waals surface area (Å²) in [6, 6.07) is 0. The normalized spacial score (nSPS) is 23.9. The lowest BCUT2D eigenvalue weighted by Crippen LogP contribution is -2.09. The van der Waals surface area contributed by atoms with E-state index < -0.39 is 12.1 Å². The molecule has 3 heteroatoms. The molecule has 3 atom stereocenters. The smallest absolute Gasteiger partial charge is 0.303 e. The molecule has 0 bridgehead atoms. The number of aliphatic hydroxyl groups excluding tert-OH is 1. The van der Waals surface area contributed by atoms with E-state index in [0.717, 1.165) is 19.3 Å². The van der Waals surface area contributed by atoms with E-state index in [2.05, 4.69) is 37.3 Å². The van der Waals surface area contributed by atoms with Gasteiger partial charge in [0.15, 0.2) is 0 Å². The molecule has 0 aromatic rings. The van der Waals surface area contributed by atoms with E-state index in [4.69, 9.17) is 5.11 Å². The fourth-order valence-electron chi connectivity index (χ4n) is 2.96. The summed E-state index contributed by atoms with van der Waals surface area (Å²) in [6.45, 7) is 2.14. The van der Waals surface area contributed by atoms with Gasteiger partial charge in [-0.1, -0.05) is 49.8 Å². The van der Waals surface area contributed by atoms with Gasteiger partial charge in [0.25, 0.3) is 0 Å². The van der Waals surface area contributed by atoms with E-state index in [1.165, 1.54) is 19.3 Å². The third-order valence-corrected chi connectivity index (χ3v) is 4.23. The molecule has 0 spiro atoms. The topological polar surface area (TPSA) is 57.5 Å². The van der Waals surface area contributed by atoms with E-state index in [1.54, 1.807) is 6.08 Å². The molecule has 0 amide bonds. The minimum Gasteiger partial charge on any atom is -0.481 e. The molecular formula is C19H30O3. The zero-order chi connectivity index (χ0) is 16.2. The molecule has 22 heavy (non-hydrogen) atoms. The Labute approximate surface area is 134 Å². The molecule has 0 aromatic heterocycles. The maximum Gasteiger partial charge on any atom is 0.303 e. The molecular weight excluding hydrogens is 276 g/mol. The first-order valence-electron chi connectivity index (χ1n) is 8.51. The van der Waals surface area contributed by atoms with Gasteiger partial charge in [-0.2, -0.15) is 0 Å². The van der Waals surface area contributed by atoms with Crippen molar-refractivity contribution in [1.29, 1.82) is 0 Å². The van der Waals surface area contributed by atoms with Crippen molar-refractivity contribution >= 4 is 5.97 Å². The number of rotatable bonds is 10. The maximum atomic E-state index is 10.5. The largest absolute Gasteiger partial charge is 0.481 e. The summed E-state index contributed by atoms with van der Waals surface area (Å²) in [5, 5.41) is 18.4. The second kappa shape index (κ2) is 11.2. The van der Waals surface area contributed by atoms with Crippen LogP contribution < -0.4 is 0 Å². The van der Waals surface area contributed by atoms with Crippen LogP contribution in [-0.4, -0.2) is 22.3 Å². The Balaban J connectivity index is 2.33. The van der Waals surface area contributed by atoms with E-state index in [1.807, 2.05) is 0 Å². The second-order valence-electron chi connectivity index (χ2n) is 6.06. The van der Waals surface area contributed by atoms with Gasteiger partial charge in [-0.05, 0) is 50.4 Å². The number of carbonyl (C=O) groups is 1. The molecule has 124 valence electrons. The fourth-order valence-corrected chi connectivity index (χ4v) is 2.96. The molecule has 1 aliphatic rings. The Morgan fingerprint density at radius 2 is 2.00 bits per heavy atom. The van der Waals surface area contributed by atoms with Crippen LogP contribution in [0.25, 0.3) is 0 Å². The first-order valence-corrected chi connectivity index (χ1v) is 8.51. The van der Waals surface area contributed by atoms with Crippen LogP contribution in [0.3, 0.4) is 0 Å². The van der Waals surface area contributed by atoms with Crippen molar-refractivity contribution in [2.45, 2.75) is 64.4 Å². The van der Waals surface area contributed by atoms with Crippen molar-refractivity contribution in [2.75, 3.05) is 0 Å². The Morgan fingerprint density at radius 3 is 2.73 bits per heavy atom. The first kappa shape index (κ1) is 18.7. The van der Waals surface area contributed by atoms with E-state index in [0.29, 0.717) is 18.3 Å². The number of aliphatic hydroxyl groups is 1. The summed E-state index contributed by atoms with van der Waals surface area (Å²) < 4.78 is 0. The third kappa shape index (κ3) is 8.18. The maximum absolute atomic E-state index is 10.5. The molecule has 0 aliphatic heterocycles. The van der Waals surface area contributed by atoms with Gasteiger partial charge < -0.3 is 10.2 Å². The second-order valence-corrected chi connectivity index (χ2v) is 6.06. The van der Waals surface area contributed by atoms with Crippen molar-refractivity contribution in [3.8, 4) is 0 Å². The summed E-state index contributed by atoms with van der Waals surface area (Å²) in [5.41, 5.74) is 0. The summed E-state index contributed by atoms with van der Waals surface area (Å²) in [6.07, 6.45) is 19.3. The summed E-state index contributed by atoms with van der Waals surface area (Å²) >= 11 is 0. The zero-order valence-corrected chi connectivity index (χ0v) is 13.7. The van der Waals surface area contributed by atoms with Crippen LogP contribution in [0.5, 0.6) is 0 Å². The van der Waals surface area contributed by atoms with Gasteiger partial charge >= 0.3 is 5.97 Å². The number of allylic oxidation sites excluding steroid dienone is 5. The van der Waals surface area contributed by atoms with Crippen LogP contribution in [0.2, 0.25) is 0 Å². The van der Waals surface area contributed by atoms with Crippen molar-refractivity contribution in [2.24, 2.45) is 11.8 Å². The zero-order valence-electron chi connectivity index (χ0n) is 13.7. The average Bonchev–Trinajstić information content (AvgIpc) is 2.94. The van der Waals surface area contributed by atoms with Crippen LogP contribution >= 0.6 is 0 Å². The molecule has 3 nitrogen and oxygen atoms in total. The van der Waals surface area contributed by atoms with E-state index in [-0.39, 0.29) is 6.42 Å². The standard InChI is InChI=1S/C19H30O3/c1-2-3-4-5-6-7-9-16-10-8-11-17(16)12-13-18(20)14-15-19(21)22/h3-4,6-7,12-13,16-18,20H,2,5,8-11,14-15H2,1H3,(H,21,22)/b4-3-,7-6-,13-12+. The molecule has 1 fully saturated rings. The lowest BCUT2D eigenvalue weighted by molar-refractivity contribution is -0.137. The highest BCUT2D eigenvalue weighted by atomic mass is 16.4. The molecule has 0 aromatic carbocycles. The minimum atomic E-state index is -0.853. The Kier molecular flexibility index (Phi) is 9.56. The van der Waals surface area contributed by atoms with Crippen LogP contribution in [0.1, 0.15) is 58.3 Å². The van der Waals surface area contributed by atoms with Gasteiger partial charge in [0.1, 0.15) is 0 Å². The molecule has 1 aliphatic carbocycles. The molecule has 1 saturated carbocycles. The number of hydrogen-bond donors (Lipinski definition) is 2. The van der Waals surface area contributed by atoms with E-state index in [9.17, 15) is 9.90 Å². The Morgan fingerprint density at radius 1 is 1.23 bits per heavy atom. The number of aliphatic carboxylic acids is 1. The Hall–Kier alpha value is -1.35. The van der Waals surface area contributed by atoms with Crippen molar-refractivity contribution in [3.63, 3.8) is 0 Å². The van der Waals surface area contributed by atoms with Crippen molar-refractivity contribution in [3.05, 3.63) is 36.5 Å². The molecule has 0 saturated heterocycles. The van der Waals surface area contributed by atoms with Gasteiger partial charge in [-0.15, -0.1) is 0 Å². The fraction of sp³-hybridized carbons (Fsp3) is 0.632. The van der Waals surface area contributed by atoms with Crippen molar-refractivity contribution in [1.82, 2.24) is 0 Å². The predicted molar refractivity (Wildman–Crippen MR) is 90.7 cm³/mol. The highest BCUT2D eigenvalue weighted by Crippen LogP contribution is 2.35. The highest BCUT2D eigenvalue weighted by Gasteiger charge is 2.24. The number of hydrogen-bond acceptors (Lipinski definition) is 2. The van der Waals surface area contributed by atoms with Crippen LogP contribution in [0.4, 0.5) is 0 Å². The van der Waals surface area contributed by atoms with Crippen LogP contribution in [0.15, 0.2) is 36.5 Å². The third-order valence-electron chi connectivity index (χ3n) is 4.23. The lowest BCUT2D eigenvalue weighted by Gasteiger charge is -2.14. The molecule has 2 N–H and O–H groups in total. The molecule has 0 radical (unpaired) electrons. The van der Waals surface area contributed by atoms with Gasteiger partial charge in [-0.3, -0.25) is 4.79 Å². The molecule has 3 unspecified atom stereocenters. The highest BCUT2D eigenvalue weighted by molar-refractivity contribution is 5.66. The van der Waals surface area contributed by atoms with Crippen LogP contribution in [0, 0.1) is 11.8 Å². The summed E-state index contributed by atoms with van der Waals surface area (Å²) in [5.74, 6) is 0.332. The Bertz CT molecular complexity index is 395. The van der Waals surface area contributed by atoms with Gasteiger partial charge in [0.05, 0.1) is 6.10 Å². The summed E-state index contributed by atoms with van der Waals surface area (Å²) in [4.78, 5) is 10.5. The number of carboxylic acid groups (broad SMARTS) is 1.